The molecule has 0 bridgehead atoms. The van der Waals surface area contributed by atoms with Crippen molar-refractivity contribution in [3.8, 4) is 5.75 Å². The molecule has 0 aliphatic heterocycles. The predicted octanol–water partition coefficient (Wildman–Crippen LogP) is 4.54. The number of amides is 2. The molecule has 2 N–H and O–H groups in total. The summed E-state index contributed by atoms with van der Waals surface area (Å²) in [6, 6.07) is 15.8. The predicted molar refractivity (Wildman–Crippen MR) is 116 cm³/mol. The summed E-state index contributed by atoms with van der Waals surface area (Å²) in [5.41, 5.74) is 1.26. The Balaban J connectivity index is 1.78. The van der Waals surface area contributed by atoms with Crippen LogP contribution in [0.4, 0.5) is 4.39 Å². The zero-order valence-corrected chi connectivity index (χ0v) is 17.3. The average Bonchev–Trinajstić information content (AvgIpc) is 3.26. The maximum Gasteiger partial charge on any atom is 0.268 e. The summed E-state index contributed by atoms with van der Waals surface area (Å²) >= 11 is 1.45. The van der Waals surface area contributed by atoms with Crippen LogP contribution in [0.15, 0.2) is 71.7 Å². The molecule has 0 aliphatic rings. The van der Waals surface area contributed by atoms with E-state index in [0.717, 1.165) is 10.4 Å². The summed E-state index contributed by atoms with van der Waals surface area (Å²) in [6.45, 7) is 1.79. The van der Waals surface area contributed by atoms with Crippen LogP contribution in [0.3, 0.4) is 0 Å². The number of halogens is 1. The molecule has 1 heterocycles. The van der Waals surface area contributed by atoms with E-state index in [-0.39, 0.29) is 17.6 Å². The number of carbonyl (C=O) groups is 2. The maximum absolute atomic E-state index is 13.2. The Kier molecular flexibility index (Phi) is 6.98. The molecule has 5 nitrogen and oxygen atoms in total. The summed E-state index contributed by atoms with van der Waals surface area (Å²) in [5, 5.41) is 7.42. The quantitative estimate of drug-likeness (QED) is 0.547. The Hall–Kier alpha value is -3.45. The van der Waals surface area contributed by atoms with E-state index in [1.54, 1.807) is 56.5 Å². The molecule has 0 spiro atoms. The van der Waals surface area contributed by atoms with E-state index >= 15 is 0 Å². The van der Waals surface area contributed by atoms with Crippen LogP contribution in [0.1, 0.15) is 33.8 Å². The fraction of sp³-hybridized carbons (Fsp3) is 0.130. The minimum atomic E-state index is -0.443. The van der Waals surface area contributed by atoms with Crippen molar-refractivity contribution in [2.45, 2.75) is 13.0 Å². The number of ether oxygens (including phenoxy) is 1. The normalized spacial score (nSPS) is 12.2. The molecule has 0 aliphatic carbocycles. The van der Waals surface area contributed by atoms with Crippen molar-refractivity contribution >= 4 is 29.2 Å². The second kappa shape index (κ2) is 9.84. The summed E-state index contributed by atoms with van der Waals surface area (Å²) in [6.07, 6.45) is 1.62. The van der Waals surface area contributed by atoms with Crippen LogP contribution >= 0.6 is 11.3 Å². The van der Waals surface area contributed by atoms with Crippen molar-refractivity contribution in [3.63, 3.8) is 0 Å². The lowest BCUT2D eigenvalue weighted by atomic mass is 10.1. The molecule has 3 rings (SSSR count). The highest BCUT2D eigenvalue weighted by atomic mass is 32.1. The van der Waals surface area contributed by atoms with Crippen LogP contribution in [-0.4, -0.2) is 18.9 Å². The van der Waals surface area contributed by atoms with E-state index in [9.17, 15) is 14.0 Å². The van der Waals surface area contributed by atoms with E-state index in [2.05, 4.69) is 10.6 Å². The highest BCUT2D eigenvalue weighted by molar-refractivity contribution is 7.10. The first-order chi connectivity index (χ1) is 14.5. The van der Waals surface area contributed by atoms with Crippen molar-refractivity contribution in [1.29, 1.82) is 0 Å². The van der Waals surface area contributed by atoms with Gasteiger partial charge in [-0.3, -0.25) is 9.59 Å². The molecule has 1 atom stereocenters. The van der Waals surface area contributed by atoms with Gasteiger partial charge in [-0.05, 0) is 66.4 Å². The van der Waals surface area contributed by atoms with Gasteiger partial charge in [0.2, 0.25) is 0 Å². The molecule has 2 amide bonds. The zero-order valence-electron chi connectivity index (χ0n) is 16.5. The molecule has 30 heavy (non-hydrogen) atoms. The molecule has 3 aromatic rings. The molecule has 0 fully saturated rings. The van der Waals surface area contributed by atoms with Gasteiger partial charge in [0, 0.05) is 10.4 Å². The van der Waals surface area contributed by atoms with Gasteiger partial charge in [0.25, 0.3) is 11.8 Å². The molecule has 0 saturated heterocycles. The lowest BCUT2D eigenvalue weighted by Gasteiger charge is -2.16. The second-order valence-electron chi connectivity index (χ2n) is 6.50. The van der Waals surface area contributed by atoms with E-state index in [0.29, 0.717) is 11.3 Å². The Morgan fingerprint density at radius 2 is 1.77 bits per heavy atom. The Morgan fingerprint density at radius 3 is 2.37 bits per heavy atom. The number of carbonyl (C=O) groups excluding carboxylic acids is 2. The van der Waals surface area contributed by atoms with Crippen LogP contribution in [0, 0.1) is 5.82 Å². The lowest BCUT2D eigenvalue weighted by molar-refractivity contribution is -0.118. The largest absolute Gasteiger partial charge is 0.497 e. The summed E-state index contributed by atoms with van der Waals surface area (Å²) < 4.78 is 18.3. The minimum absolute atomic E-state index is 0.118. The Labute approximate surface area is 178 Å². The smallest absolute Gasteiger partial charge is 0.268 e. The van der Waals surface area contributed by atoms with Crippen LogP contribution in [-0.2, 0) is 4.79 Å². The van der Waals surface area contributed by atoms with Crippen molar-refractivity contribution in [3.05, 3.63) is 93.6 Å². The van der Waals surface area contributed by atoms with Gasteiger partial charge < -0.3 is 15.4 Å². The minimum Gasteiger partial charge on any atom is -0.497 e. The Morgan fingerprint density at radius 1 is 1.07 bits per heavy atom. The SMILES string of the molecule is COc1ccc(C(=O)N/C(=C\c2cccs2)C(=O)NC(C)c2ccc(F)cc2)cc1. The molecule has 0 radical (unpaired) electrons. The first kappa shape index (κ1) is 21.3. The maximum atomic E-state index is 13.2. The molecule has 1 unspecified atom stereocenters. The summed E-state index contributed by atoms with van der Waals surface area (Å²) in [4.78, 5) is 26.4. The first-order valence-corrected chi connectivity index (χ1v) is 10.1. The van der Waals surface area contributed by atoms with Gasteiger partial charge in [-0.25, -0.2) is 4.39 Å². The van der Waals surface area contributed by atoms with Crippen molar-refractivity contribution in [2.24, 2.45) is 0 Å². The van der Waals surface area contributed by atoms with Crippen LogP contribution in [0.2, 0.25) is 0 Å². The van der Waals surface area contributed by atoms with Gasteiger partial charge in [-0.2, -0.15) is 0 Å². The van der Waals surface area contributed by atoms with Crippen LogP contribution in [0.25, 0.3) is 6.08 Å². The van der Waals surface area contributed by atoms with E-state index in [4.69, 9.17) is 4.74 Å². The van der Waals surface area contributed by atoms with Crippen molar-refractivity contribution in [1.82, 2.24) is 10.6 Å². The first-order valence-electron chi connectivity index (χ1n) is 9.23. The fourth-order valence-electron chi connectivity index (χ4n) is 2.72. The third-order valence-electron chi connectivity index (χ3n) is 4.39. The number of methoxy groups -OCH3 is 1. The number of hydrogen-bond acceptors (Lipinski definition) is 4. The van der Waals surface area contributed by atoms with Crippen molar-refractivity contribution < 1.29 is 18.7 Å². The van der Waals surface area contributed by atoms with E-state index in [1.165, 1.54) is 23.5 Å². The Bertz CT molecular complexity index is 1030. The number of hydrogen-bond donors (Lipinski definition) is 2. The molecular weight excluding hydrogens is 403 g/mol. The molecule has 154 valence electrons. The van der Waals surface area contributed by atoms with Gasteiger partial charge in [-0.15, -0.1) is 11.3 Å². The number of benzene rings is 2. The molecule has 0 saturated carbocycles. The number of thiophene rings is 1. The van der Waals surface area contributed by atoms with Gasteiger partial charge in [0.1, 0.15) is 17.3 Å². The third kappa shape index (κ3) is 5.55. The van der Waals surface area contributed by atoms with Crippen LogP contribution in [0.5, 0.6) is 5.75 Å². The second-order valence-corrected chi connectivity index (χ2v) is 7.48. The zero-order chi connectivity index (χ0) is 21.5. The molecule has 2 aromatic carbocycles. The standard InChI is InChI=1S/C23H21FN2O3S/c1-15(16-5-9-18(24)10-6-16)25-23(28)21(14-20-4-3-13-30-20)26-22(27)17-7-11-19(29-2)12-8-17/h3-15H,1-2H3,(H,25,28)(H,26,27)/b21-14-. The molecular formula is C23H21FN2O3S. The van der Waals surface area contributed by atoms with Gasteiger partial charge in [-0.1, -0.05) is 18.2 Å². The van der Waals surface area contributed by atoms with Crippen LogP contribution < -0.4 is 15.4 Å². The van der Waals surface area contributed by atoms with Gasteiger partial charge >= 0.3 is 0 Å². The van der Waals surface area contributed by atoms with E-state index in [1.807, 2.05) is 17.5 Å². The number of rotatable bonds is 7. The summed E-state index contributed by atoms with van der Waals surface area (Å²) in [7, 11) is 1.55. The molecule has 1 aromatic heterocycles. The summed E-state index contributed by atoms with van der Waals surface area (Å²) in [5.74, 6) is -0.568. The third-order valence-corrected chi connectivity index (χ3v) is 5.21. The highest BCUT2D eigenvalue weighted by Gasteiger charge is 2.18. The average molecular weight is 424 g/mol. The highest BCUT2D eigenvalue weighted by Crippen LogP contribution is 2.17. The monoisotopic (exact) mass is 424 g/mol. The van der Waals surface area contributed by atoms with Crippen molar-refractivity contribution in [2.75, 3.05) is 7.11 Å². The fourth-order valence-corrected chi connectivity index (χ4v) is 3.38. The molecule has 7 heteroatoms. The van der Waals surface area contributed by atoms with E-state index < -0.39 is 11.8 Å². The van der Waals surface area contributed by atoms with Gasteiger partial charge in [0.05, 0.1) is 13.2 Å². The topological polar surface area (TPSA) is 67.4 Å². The number of nitrogens with one attached hydrogen (secondary N) is 2. The lowest BCUT2D eigenvalue weighted by Crippen LogP contribution is -2.36. The van der Waals surface area contributed by atoms with Gasteiger partial charge in [0.15, 0.2) is 0 Å².